The molecule has 0 radical (unpaired) electrons. The average molecular weight is 434 g/mol. The Hall–Kier alpha value is -2.88. The van der Waals surface area contributed by atoms with Crippen LogP contribution in [0.3, 0.4) is 0 Å². The van der Waals surface area contributed by atoms with Crippen molar-refractivity contribution >= 4 is 20.1 Å². The molecule has 7 nitrogen and oxygen atoms in total. The van der Waals surface area contributed by atoms with Gasteiger partial charge in [-0.15, -0.1) is 0 Å². The first-order valence-electron chi connectivity index (χ1n) is 8.48. The highest BCUT2D eigenvalue weighted by molar-refractivity contribution is 7.89. The zero-order valence-corrected chi connectivity index (χ0v) is 17.4. The van der Waals surface area contributed by atoms with Gasteiger partial charge in [-0.3, -0.25) is 0 Å². The van der Waals surface area contributed by atoms with Crippen LogP contribution < -0.4 is 8.92 Å². The molecule has 3 rings (SSSR count). The molecular weight excluding hydrogens is 414 g/mol. The molecule has 152 valence electrons. The molecule has 9 heteroatoms. The standard InChI is InChI=1S/C20H19NO6S2/c1-21(2)28(22,23)19-12-7-13-20(15-19)29(24,25)27-18-11-6-10-17(14-18)26-16-8-4-3-5-9-16/h3-15H,1-2H3. The van der Waals surface area contributed by atoms with Crippen molar-refractivity contribution in [3.63, 3.8) is 0 Å². The molecule has 0 aliphatic carbocycles. The van der Waals surface area contributed by atoms with Gasteiger partial charge in [-0.1, -0.05) is 30.3 Å². The third kappa shape index (κ3) is 4.94. The topological polar surface area (TPSA) is 90.0 Å². The second-order valence-electron chi connectivity index (χ2n) is 6.19. The molecule has 0 aliphatic heterocycles. The quantitative estimate of drug-likeness (QED) is 0.530. The van der Waals surface area contributed by atoms with Gasteiger partial charge < -0.3 is 8.92 Å². The molecule has 0 N–H and O–H groups in total. The number of ether oxygens (including phenoxy) is 1. The predicted octanol–water partition coefficient (Wildman–Crippen LogP) is 3.50. The van der Waals surface area contributed by atoms with Gasteiger partial charge >= 0.3 is 10.1 Å². The maximum atomic E-state index is 12.6. The highest BCUT2D eigenvalue weighted by Gasteiger charge is 2.22. The van der Waals surface area contributed by atoms with Crippen molar-refractivity contribution in [1.29, 1.82) is 0 Å². The molecule has 0 unspecified atom stereocenters. The van der Waals surface area contributed by atoms with Gasteiger partial charge in [0.2, 0.25) is 10.0 Å². The van der Waals surface area contributed by atoms with Crippen LogP contribution in [-0.4, -0.2) is 35.2 Å². The second kappa shape index (κ2) is 8.24. The lowest BCUT2D eigenvalue weighted by molar-refractivity contribution is 0.468. The summed E-state index contributed by atoms with van der Waals surface area (Å²) in [6.45, 7) is 0. The van der Waals surface area contributed by atoms with Gasteiger partial charge in [-0.25, -0.2) is 12.7 Å². The molecule has 0 bridgehead atoms. The summed E-state index contributed by atoms with van der Waals surface area (Å²) in [4.78, 5) is -0.414. The van der Waals surface area contributed by atoms with E-state index in [1.54, 1.807) is 24.3 Å². The van der Waals surface area contributed by atoms with Crippen LogP contribution in [0.25, 0.3) is 0 Å². The van der Waals surface area contributed by atoms with E-state index in [-0.39, 0.29) is 15.5 Å². The van der Waals surface area contributed by atoms with Gasteiger partial charge in [0.15, 0.2) is 0 Å². The minimum absolute atomic E-state index is 0.0410. The van der Waals surface area contributed by atoms with Crippen LogP contribution in [0, 0.1) is 0 Å². The van der Waals surface area contributed by atoms with Crippen molar-refractivity contribution in [2.24, 2.45) is 0 Å². The van der Waals surface area contributed by atoms with E-state index in [0.29, 0.717) is 11.5 Å². The predicted molar refractivity (Wildman–Crippen MR) is 108 cm³/mol. The van der Waals surface area contributed by atoms with Crippen molar-refractivity contribution in [1.82, 2.24) is 4.31 Å². The Balaban J connectivity index is 1.86. The summed E-state index contributed by atoms with van der Waals surface area (Å²) in [5.41, 5.74) is 0. The van der Waals surface area contributed by atoms with Gasteiger partial charge in [0.1, 0.15) is 22.1 Å². The molecule has 0 saturated carbocycles. The maximum absolute atomic E-state index is 12.6. The summed E-state index contributed by atoms with van der Waals surface area (Å²) in [6.07, 6.45) is 0. The zero-order valence-electron chi connectivity index (χ0n) is 15.7. The van der Waals surface area contributed by atoms with E-state index in [9.17, 15) is 16.8 Å². The van der Waals surface area contributed by atoms with E-state index in [1.165, 1.54) is 44.4 Å². The molecule has 0 heterocycles. The lowest BCUT2D eigenvalue weighted by atomic mass is 10.3. The normalized spacial score (nSPS) is 12.0. The summed E-state index contributed by atoms with van der Waals surface area (Å²) in [5.74, 6) is 1.03. The third-order valence-electron chi connectivity index (χ3n) is 3.86. The van der Waals surface area contributed by atoms with E-state index >= 15 is 0 Å². The summed E-state index contributed by atoms with van der Waals surface area (Å²) in [5, 5.41) is 0. The Kier molecular flexibility index (Phi) is 5.92. The second-order valence-corrected chi connectivity index (χ2v) is 9.89. The van der Waals surface area contributed by atoms with Gasteiger partial charge in [0, 0.05) is 20.2 Å². The van der Waals surface area contributed by atoms with Crippen LogP contribution in [0.1, 0.15) is 0 Å². The number of nitrogens with zero attached hydrogens (tertiary/aromatic N) is 1. The molecule has 0 saturated heterocycles. The van der Waals surface area contributed by atoms with Crippen molar-refractivity contribution < 1.29 is 25.8 Å². The fraction of sp³-hybridized carbons (Fsp3) is 0.100. The Morgan fingerprint density at radius 2 is 1.24 bits per heavy atom. The fourth-order valence-electron chi connectivity index (χ4n) is 2.39. The van der Waals surface area contributed by atoms with Gasteiger partial charge in [-0.2, -0.15) is 8.42 Å². The monoisotopic (exact) mass is 433 g/mol. The summed E-state index contributed by atoms with van der Waals surface area (Å²) >= 11 is 0. The number of hydrogen-bond donors (Lipinski definition) is 0. The molecule has 0 aromatic heterocycles. The average Bonchev–Trinajstić information content (AvgIpc) is 2.69. The highest BCUT2D eigenvalue weighted by Crippen LogP contribution is 2.27. The van der Waals surface area contributed by atoms with E-state index in [2.05, 4.69) is 0 Å². The van der Waals surface area contributed by atoms with E-state index in [4.69, 9.17) is 8.92 Å². The van der Waals surface area contributed by atoms with E-state index in [1.807, 2.05) is 18.2 Å². The summed E-state index contributed by atoms with van der Waals surface area (Å²) < 4.78 is 61.7. The van der Waals surface area contributed by atoms with Crippen molar-refractivity contribution in [3.05, 3.63) is 78.9 Å². The lowest BCUT2D eigenvalue weighted by Crippen LogP contribution is -2.22. The first kappa shape index (κ1) is 20.8. The summed E-state index contributed by atoms with van der Waals surface area (Å²) in [6, 6.07) is 20.2. The van der Waals surface area contributed by atoms with Crippen LogP contribution in [-0.2, 0) is 20.1 Å². The van der Waals surface area contributed by atoms with Crippen molar-refractivity contribution in [2.75, 3.05) is 14.1 Å². The molecule has 0 aliphatic rings. The Morgan fingerprint density at radius 3 is 1.93 bits per heavy atom. The van der Waals surface area contributed by atoms with Crippen LogP contribution in [0.5, 0.6) is 17.2 Å². The molecule has 3 aromatic carbocycles. The summed E-state index contributed by atoms with van der Waals surface area (Å²) in [7, 11) is -5.30. The van der Waals surface area contributed by atoms with Crippen molar-refractivity contribution in [3.8, 4) is 17.2 Å². The van der Waals surface area contributed by atoms with Gasteiger partial charge in [0.25, 0.3) is 0 Å². The Labute approximate surface area is 170 Å². The molecular formula is C20H19NO6S2. The van der Waals surface area contributed by atoms with Crippen LogP contribution in [0.15, 0.2) is 88.7 Å². The third-order valence-corrected chi connectivity index (χ3v) is 6.92. The number of hydrogen-bond acceptors (Lipinski definition) is 6. The first-order valence-corrected chi connectivity index (χ1v) is 11.3. The van der Waals surface area contributed by atoms with Crippen LogP contribution in [0.2, 0.25) is 0 Å². The maximum Gasteiger partial charge on any atom is 0.339 e. The fourth-order valence-corrected chi connectivity index (χ4v) is 4.38. The van der Waals surface area contributed by atoms with E-state index < -0.39 is 20.1 Å². The zero-order chi connectivity index (χ0) is 21.1. The molecule has 29 heavy (non-hydrogen) atoms. The first-order chi connectivity index (χ1) is 13.7. The number of rotatable bonds is 7. The van der Waals surface area contributed by atoms with Crippen molar-refractivity contribution in [2.45, 2.75) is 9.79 Å². The molecule has 0 spiro atoms. The molecule has 0 amide bonds. The Morgan fingerprint density at radius 1 is 0.655 bits per heavy atom. The number of benzene rings is 3. The van der Waals surface area contributed by atoms with Gasteiger partial charge in [0.05, 0.1) is 4.90 Å². The number of sulfonamides is 1. The highest BCUT2D eigenvalue weighted by atomic mass is 32.2. The van der Waals surface area contributed by atoms with E-state index in [0.717, 1.165) is 10.4 Å². The van der Waals surface area contributed by atoms with Gasteiger partial charge in [-0.05, 0) is 42.5 Å². The van der Waals surface area contributed by atoms with Crippen LogP contribution >= 0.6 is 0 Å². The molecule has 0 atom stereocenters. The minimum Gasteiger partial charge on any atom is -0.457 e. The largest absolute Gasteiger partial charge is 0.457 e. The lowest BCUT2D eigenvalue weighted by Gasteiger charge is -2.13. The molecule has 0 fully saturated rings. The minimum atomic E-state index is -4.25. The van der Waals surface area contributed by atoms with Crippen LogP contribution in [0.4, 0.5) is 0 Å². The smallest absolute Gasteiger partial charge is 0.339 e. The SMILES string of the molecule is CN(C)S(=O)(=O)c1cccc(S(=O)(=O)Oc2cccc(Oc3ccccc3)c2)c1. The number of para-hydroxylation sites is 1. The molecule has 3 aromatic rings. The Bertz CT molecular complexity index is 1210.